The number of nitrogens with one attached hydrogen (secondary N) is 2. The van der Waals surface area contributed by atoms with E-state index in [1.54, 1.807) is 48.0 Å². The Morgan fingerprint density at radius 2 is 2.00 bits per heavy atom. The molecule has 0 saturated carbocycles. The number of ether oxygens (including phenoxy) is 2. The SMILES string of the molecule is Cn1c(CNC(=O)c2ccc3c(c2)OCO3)nnc1SCC(=O)Nc1ccc(Br)c(Cl)c1. The number of fused-ring (bicyclic) bond motifs is 1. The second-order valence-electron chi connectivity index (χ2n) is 6.67. The maximum atomic E-state index is 12.4. The summed E-state index contributed by atoms with van der Waals surface area (Å²) in [6.07, 6.45) is 0. The molecule has 0 fully saturated rings. The monoisotopic (exact) mass is 537 g/mol. The van der Waals surface area contributed by atoms with E-state index in [0.717, 1.165) is 4.47 Å². The van der Waals surface area contributed by atoms with Crippen molar-refractivity contribution in [1.82, 2.24) is 20.1 Å². The van der Waals surface area contributed by atoms with E-state index in [1.807, 2.05) is 0 Å². The fourth-order valence-corrected chi connectivity index (χ4v) is 3.98. The van der Waals surface area contributed by atoms with Crippen molar-refractivity contribution in [2.75, 3.05) is 17.9 Å². The summed E-state index contributed by atoms with van der Waals surface area (Å²) in [6.45, 7) is 0.329. The average Bonchev–Trinajstić information content (AvgIpc) is 3.39. The van der Waals surface area contributed by atoms with Crippen LogP contribution in [0.2, 0.25) is 5.02 Å². The molecule has 3 aromatic rings. The van der Waals surface area contributed by atoms with Crippen LogP contribution in [0.15, 0.2) is 46.0 Å². The lowest BCUT2D eigenvalue weighted by molar-refractivity contribution is -0.113. The third kappa shape index (κ3) is 5.17. The molecule has 0 unspecified atom stereocenters. The van der Waals surface area contributed by atoms with Crippen LogP contribution in [-0.4, -0.2) is 39.1 Å². The first-order valence-corrected chi connectivity index (χ1v) is 11.5. The molecule has 12 heteroatoms. The van der Waals surface area contributed by atoms with Crippen LogP contribution in [0.1, 0.15) is 16.2 Å². The van der Waals surface area contributed by atoms with Crippen LogP contribution in [0.5, 0.6) is 11.5 Å². The highest BCUT2D eigenvalue weighted by molar-refractivity contribution is 9.10. The van der Waals surface area contributed by atoms with Gasteiger partial charge in [0.1, 0.15) is 0 Å². The summed E-state index contributed by atoms with van der Waals surface area (Å²) >= 11 is 10.6. The lowest BCUT2D eigenvalue weighted by atomic mass is 10.2. The first kappa shape index (κ1) is 22.4. The van der Waals surface area contributed by atoms with Gasteiger partial charge in [-0.2, -0.15) is 0 Å². The minimum Gasteiger partial charge on any atom is -0.454 e. The van der Waals surface area contributed by atoms with Gasteiger partial charge in [-0.15, -0.1) is 10.2 Å². The topological polar surface area (TPSA) is 107 Å². The van der Waals surface area contributed by atoms with Gasteiger partial charge in [0.2, 0.25) is 12.7 Å². The summed E-state index contributed by atoms with van der Waals surface area (Å²) in [4.78, 5) is 24.7. The Morgan fingerprint density at radius 3 is 2.81 bits per heavy atom. The molecule has 0 bridgehead atoms. The Morgan fingerprint density at radius 1 is 1.19 bits per heavy atom. The number of amides is 2. The number of aromatic nitrogens is 3. The van der Waals surface area contributed by atoms with Gasteiger partial charge in [0.15, 0.2) is 22.5 Å². The highest BCUT2D eigenvalue weighted by Crippen LogP contribution is 2.32. The van der Waals surface area contributed by atoms with E-state index in [2.05, 4.69) is 36.8 Å². The van der Waals surface area contributed by atoms with E-state index >= 15 is 0 Å². The van der Waals surface area contributed by atoms with Gasteiger partial charge < -0.3 is 24.7 Å². The van der Waals surface area contributed by atoms with E-state index in [0.29, 0.717) is 38.8 Å². The van der Waals surface area contributed by atoms with Gasteiger partial charge in [-0.3, -0.25) is 9.59 Å². The summed E-state index contributed by atoms with van der Waals surface area (Å²) in [7, 11) is 1.77. The van der Waals surface area contributed by atoms with Crippen LogP contribution < -0.4 is 20.1 Å². The first-order valence-electron chi connectivity index (χ1n) is 9.34. The summed E-state index contributed by atoms with van der Waals surface area (Å²) < 4.78 is 13.0. The number of thioether (sulfide) groups is 1. The van der Waals surface area contributed by atoms with Crippen LogP contribution in [0.25, 0.3) is 0 Å². The maximum absolute atomic E-state index is 12.4. The van der Waals surface area contributed by atoms with E-state index in [1.165, 1.54) is 11.8 Å². The molecule has 4 rings (SSSR count). The van der Waals surface area contributed by atoms with Gasteiger partial charge in [-0.25, -0.2) is 0 Å². The number of rotatable bonds is 7. The summed E-state index contributed by atoms with van der Waals surface area (Å²) in [5.41, 5.74) is 1.06. The minimum atomic E-state index is -0.270. The zero-order valence-corrected chi connectivity index (χ0v) is 19.9. The van der Waals surface area contributed by atoms with Gasteiger partial charge in [-0.1, -0.05) is 23.4 Å². The number of carbonyl (C=O) groups is 2. The van der Waals surface area contributed by atoms with Crippen molar-refractivity contribution < 1.29 is 19.1 Å². The van der Waals surface area contributed by atoms with Crippen molar-refractivity contribution in [3.8, 4) is 11.5 Å². The summed E-state index contributed by atoms with van der Waals surface area (Å²) in [5.74, 6) is 1.38. The molecule has 1 aromatic heterocycles. The number of hydrogen-bond acceptors (Lipinski definition) is 7. The van der Waals surface area contributed by atoms with E-state index in [4.69, 9.17) is 21.1 Å². The first-order chi connectivity index (χ1) is 15.4. The molecule has 0 saturated heterocycles. The predicted molar refractivity (Wildman–Crippen MR) is 123 cm³/mol. The molecule has 1 aliphatic rings. The highest BCUT2D eigenvalue weighted by atomic mass is 79.9. The molecule has 166 valence electrons. The fourth-order valence-electron chi connectivity index (χ4n) is 2.82. The third-order valence-corrected chi connectivity index (χ3v) is 6.76. The van der Waals surface area contributed by atoms with Crippen LogP contribution in [0.4, 0.5) is 5.69 Å². The van der Waals surface area contributed by atoms with Crippen molar-refractivity contribution in [3.05, 3.63) is 57.3 Å². The van der Waals surface area contributed by atoms with Crippen molar-refractivity contribution in [1.29, 1.82) is 0 Å². The van der Waals surface area contributed by atoms with Crippen molar-refractivity contribution in [2.24, 2.45) is 7.05 Å². The van der Waals surface area contributed by atoms with Crippen LogP contribution >= 0.6 is 39.3 Å². The van der Waals surface area contributed by atoms with Gasteiger partial charge >= 0.3 is 0 Å². The maximum Gasteiger partial charge on any atom is 0.251 e. The molecule has 2 N–H and O–H groups in total. The second-order valence-corrected chi connectivity index (χ2v) is 8.88. The normalized spacial score (nSPS) is 12.0. The summed E-state index contributed by atoms with van der Waals surface area (Å²) in [5, 5.41) is 14.9. The largest absolute Gasteiger partial charge is 0.454 e. The van der Waals surface area contributed by atoms with E-state index < -0.39 is 0 Å². The second kappa shape index (κ2) is 9.80. The van der Waals surface area contributed by atoms with E-state index in [-0.39, 0.29) is 30.9 Å². The quantitative estimate of drug-likeness (QED) is 0.443. The molecule has 0 atom stereocenters. The van der Waals surface area contributed by atoms with Crippen molar-refractivity contribution >= 4 is 56.8 Å². The smallest absolute Gasteiger partial charge is 0.251 e. The molecule has 0 spiro atoms. The molecular weight excluding hydrogens is 522 g/mol. The predicted octanol–water partition coefficient (Wildman–Crippen LogP) is 3.62. The lowest BCUT2D eigenvalue weighted by Gasteiger charge is -2.07. The number of benzene rings is 2. The molecule has 0 aliphatic carbocycles. The lowest BCUT2D eigenvalue weighted by Crippen LogP contribution is -2.24. The number of carbonyl (C=O) groups excluding carboxylic acids is 2. The Labute approximate surface area is 201 Å². The minimum absolute atomic E-state index is 0.142. The third-order valence-electron chi connectivity index (χ3n) is 4.50. The molecule has 2 aromatic carbocycles. The number of nitrogens with zero attached hydrogens (tertiary/aromatic N) is 3. The van der Waals surface area contributed by atoms with Crippen molar-refractivity contribution in [3.63, 3.8) is 0 Å². The Bertz CT molecular complexity index is 1190. The molecule has 2 amide bonds. The zero-order chi connectivity index (χ0) is 22.7. The molecule has 2 heterocycles. The highest BCUT2D eigenvalue weighted by Gasteiger charge is 2.17. The van der Waals surface area contributed by atoms with E-state index in [9.17, 15) is 9.59 Å². The molecule has 1 aliphatic heterocycles. The van der Waals surface area contributed by atoms with Crippen molar-refractivity contribution in [2.45, 2.75) is 11.7 Å². The molecule has 9 nitrogen and oxygen atoms in total. The Hall–Kier alpha value is -2.76. The number of halogens is 2. The van der Waals surface area contributed by atoms with Gasteiger partial charge in [0.05, 0.1) is 17.3 Å². The Kier molecular flexibility index (Phi) is 6.87. The summed E-state index contributed by atoms with van der Waals surface area (Å²) in [6, 6.07) is 10.2. The van der Waals surface area contributed by atoms with Crippen LogP contribution in [0, 0.1) is 0 Å². The zero-order valence-electron chi connectivity index (χ0n) is 16.7. The fraction of sp³-hybridized carbons (Fsp3) is 0.200. The number of hydrogen-bond donors (Lipinski definition) is 2. The molecule has 0 radical (unpaired) electrons. The number of anilines is 1. The van der Waals surface area contributed by atoms with Gasteiger partial charge in [0.25, 0.3) is 5.91 Å². The van der Waals surface area contributed by atoms with Crippen LogP contribution in [-0.2, 0) is 18.4 Å². The van der Waals surface area contributed by atoms with Crippen LogP contribution in [0.3, 0.4) is 0 Å². The van der Waals surface area contributed by atoms with Gasteiger partial charge in [-0.05, 0) is 52.3 Å². The Balaban J connectivity index is 1.29. The molecular formula is C20H17BrClN5O4S. The van der Waals surface area contributed by atoms with Gasteiger partial charge in [0, 0.05) is 22.8 Å². The average molecular weight is 539 g/mol. The molecule has 32 heavy (non-hydrogen) atoms. The standard InChI is InChI=1S/C20H17BrClN5O4S/c1-27-17(8-23-19(29)11-2-5-15-16(6-11)31-10-30-15)25-26-20(27)32-9-18(28)24-12-3-4-13(21)14(22)7-12/h2-7H,8-10H2,1H3,(H,23,29)(H,24,28).